The quantitative estimate of drug-likeness (QED) is 0.821. The standard InChI is InChI=1S/C21H36N2O3/c1-5-15-13-23(9-8-18(15)22-20(25)26-21(2,3)4)19(24)12-17-11-14-6-7-16(17)10-14/h14-18H,5-13H2,1-4H3,(H,22,25)/t14-,15+,16-,17-,18-/m0/s1. The Kier molecular flexibility index (Phi) is 5.83. The van der Waals surface area contributed by atoms with Crippen molar-refractivity contribution in [3.05, 3.63) is 0 Å². The van der Waals surface area contributed by atoms with E-state index < -0.39 is 5.60 Å². The summed E-state index contributed by atoms with van der Waals surface area (Å²) in [6.45, 7) is 9.27. The molecule has 3 fully saturated rings. The molecule has 5 atom stereocenters. The van der Waals surface area contributed by atoms with Crippen molar-refractivity contribution in [3.63, 3.8) is 0 Å². The monoisotopic (exact) mass is 364 g/mol. The third kappa shape index (κ3) is 4.72. The normalized spacial score (nSPS) is 34.0. The Bertz CT molecular complexity index is 528. The Labute approximate surface area is 158 Å². The van der Waals surface area contributed by atoms with Crippen LogP contribution in [0.5, 0.6) is 0 Å². The molecule has 0 aromatic rings. The Morgan fingerprint density at radius 1 is 1.12 bits per heavy atom. The minimum Gasteiger partial charge on any atom is -0.444 e. The summed E-state index contributed by atoms with van der Waals surface area (Å²) >= 11 is 0. The summed E-state index contributed by atoms with van der Waals surface area (Å²) in [6.07, 6.45) is 7.52. The fourth-order valence-corrected chi connectivity index (χ4v) is 5.30. The average molecular weight is 365 g/mol. The van der Waals surface area contributed by atoms with Crippen molar-refractivity contribution in [1.82, 2.24) is 10.2 Å². The zero-order valence-corrected chi connectivity index (χ0v) is 16.9. The largest absolute Gasteiger partial charge is 0.444 e. The second kappa shape index (κ2) is 7.77. The number of carbonyl (C=O) groups excluding carboxylic acids is 2. The average Bonchev–Trinajstić information content (AvgIpc) is 3.16. The molecule has 2 bridgehead atoms. The Morgan fingerprint density at radius 2 is 1.88 bits per heavy atom. The maximum Gasteiger partial charge on any atom is 0.407 e. The first-order valence-corrected chi connectivity index (χ1v) is 10.5. The van der Waals surface area contributed by atoms with Crippen LogP contribution >= 0.6 is 0 Å². The molecule has 0 radical (unpaired) electrons. The van der Waals surface area contributed by atoms with Crippen molar-refractivity contribution in [2.75, 3.05) is 13.1 Å². The first-order chi connectivity index (χ1) is 12.2. The Morgan fingerprint density at radius 3 is 2.46 bits per heavy atom. The smallest absolute Gasteiger partial charge is 0.407 e. The molecular weight excluding hydrogens is 328 g/mol. The number of likely N-dealkylation sites (tertiary alicyclic amines) is 1. The van der Waals surface area contributed by atoms with Gasteiger partial charge in [0.2, 0.25) is 5.91 Å². The molecule has 2 amide bonds. The number of nitrogens with one attached hydrogen (secondary N) is 1. The lowest BCUT2D eigenvalue weighted by molar-refractivity contribution is -0.134. The Balaban J connectivity index is 1.49. The van der Waals surface area contributed by atoms with E-state index in [0.717, 1.165) is 44.2 Å². The zero-order chi connectivity index (χ0) is 18.9. The molecule has 0 aromatic heterocycles. The van der Waals surface area contributed by atoms with E-state index in [2.05, 4.69) is 12.2 Å². The number of piperidine rings is 1. The van der Waals surface area contributed by atoms with Crippen molar-refractivity contribution in [2.45, 2.75) is 84.3 Å². The van der Waals surface area contributed by atoms with Crippen molar-refractivity contribution < 1.29 is 14.3 Å². The first kappa shape index (κ1) is 19.5. The van der Waals surface area contributed by atoms with Gasteiger partial charge in [-0.15, -0.1) is 0 Å². The summed E-state index contributed by atoms with van der Waals surface area (Å²) in [5.41, 5.74) is -0.483. The molecule has 3 rings (SSSR count). The molecule has 1 N–H and O–H groups in total. The summed E-state index contributed by atoms with van der Waals surface area (Å²) in [5, 5.41) is 3.03. The predicted octanol–water partition coefficient (Wildman–Crippen LogP) is 3.96. The lowest BCUT2D eigenvalue weighted by Crippen LogP contribution is -2.53. The molecule has 26 heavy (non-hydrogen) atoms. The van der Waals surface area contributed by atoms with E-state index >= 15 is 0 Å². The van der Waals surface area contributed by atoms with Crippen LogP contribution in [0.4, 0.5) is 4.79 Å². The van der Waals surface area contributed by atoms with E-state index in [1.54, 1.807) is 0 Å². The molecule has 2 aliphatic carbocycles. The molecular formula is C21H36N2O3. The molecule has 0 unspecified atom stereocenters. The zero-order valence-electron chi connectivity index (χ0n) is 16.9. The number of rotatable bonds is 4. The minimum atomic E-state index is -0.483. The van der Waals surface area contributed by atoms with Gasteiger partial charge in [-0.2, -0.15) is 0 Å². The number of ether oxygens (including phenoxy) is 1. The van der Waals surface area contributed by atoms with Crippen molar-refractivity contribution in [3.8, 4) is 0 Å². The van der Waals surface area contributed by atoms with E-state index in [1.165, 1.54) is 25.7 Å². The third-order valence-electron chi connectivity index (χ3n) is 6.63. The fraction of sp³-hybridized carbons (Fsp3) is 0.905. The van der Waals surface area contributed by atoms with Crippen molar-refractivity contribution in [2.24, 2.45) is 23.7 Å². The summed E-state index contributed by atoms with van der Waals surface area (Å²) < 4.78 is 5.39. The number of amides is 2. The van der Waals surface area contributed by atoms with E-state index in [1.807, 2.05) is 25.7 Å². The maximum atomic E-state index is 12.8. The van der Waals surface area contributed by atoms with Crippen molar-refractivity contribution in [1.29, 1.82) is 0 Å². The SMILES string of the molecule is CC[C@@H]1CN(C(=O)C[C@@H]2C[C@H]3CC[C@H]2C3)CC[C@@H]1NC(=O)OC(C)(C)C. The predicted molar refractivity (Wildman–Crippen MR) is 102 cm³/mol. The van der Waals surface area contributed by atoms with Crippen LogP contribution in [0.2, 0.25) is 0 Å². The second-order valence-corrected chi connectivity index (χ2v) is 9.69. The molecule has 2 saturated carbocycles. The van der Waals surface area contributed by atoms with Gasteiger partial charge in [0.1, 0.15) is 5.60 Å². The van der Waals surface area contributed by atoms with Gasteiger partial charge in [-0.25, -0.2) is 4.79 Å². The van der Waals surface area contributed by atoms with Crippen LogP contribution in [-0.2, 0) is 9.53 Å². The fourth-order valence-electron chi connectivity index (χ4n) is 5.30. The summed E-state index contributed by atoms with van der Waals surface area (Å²) in [4.78, 5) is 27.0. The van der Waals surface area contributed by atoms with Gasteiger partial charge in [0.15, 0.2) is 0 Å². The van der Waals surface area contributed by atoms with Gasteiger partial charge in [-0.3, -0.25) is 4.79 Å². The molecule has 5 nitrogen and oxygen atoms in total. The topological polar surface area (TPSA) is 58.6 Å². The van der Waals surface area contributed by atoms with Crippen LogP contribution in [0.3, 0.4) is 0 Å². The van der Waals surface area contributed by atoms with Gasteiger partial charge in [-0.05, 0) is 76.5 Å². The van der Waals surface area contributed by atoms with Crippen molar-refractivity contribution >= 4 is 12.0 Å². The van der Waals surface area contributed by atoms with E-state index in [4.69, 9.17) is 4.74 Å². The van der Waals surface area contributed by atoms with E-state index in [9.17, 15) is 9.59 Å². The highest BCUT2D eigenvalue weighted by atomic mass is 16.6. The van der Waals surface area contributed by atoms with Gasteiger partial charge in [0.25, 0.3) is 0 Å². The highest BCUT2D eigenvalue weighted by Crippen LogP contribution is 2.49. The molecule has 1 saturated heterocycles. The highest BCUT2D eigenvalue weighted by Gasteiger charge is 2.41. The lowest BCUT2D eigenvalue weighted by Gasteiger charge is -2.39. The van der Waals surface area contributed by atoms with Crippen LogP contribution in [0, 0.1) is 23.7 Å². The molecule has 0 aromatic carbocycles. The molecule has 148 valence electrons. The molecule has 5 heteroatoms. The molecule has 1 heterocycles. The number of hydrogen-bond donors (Lipinski definition) is 1. The number of alkyl carbamates (subject to hydrolysis) is 1. The van der Waals surface area contributed by atoms with Crippen LogP contribution in [0.25, 0.3) is 0 Å². The number of carbonyl (C=O) groups is 2. The van der Waals surface area contributed by atoms with Crippen LogP contribution in [0.1, 0.15) is 72.6 Å². The van der Waals surface area contributed by atoms with Gasteiger partial charge in [-0.1, -0.05) is 13.3 Å². The first-order valence-electron chi connectivity index (χ1n) is 10.5. The lowest BCUT2D eigenvalue weighted by atomic mass is 9.85. The number of hydrogen-bond acceptors (Lipinski definition) is 3. The second-order valence-electron chi connectivity index (χ2n) is 9.69. The maximum absolute atomic E-state index is 12.8. The minimum absolute atomic E-state index is 0.0985. The number of nitrogens with zero attached hydrogens (tertiary/aromatic N) is 1. The van der Waals surface area contributed by atoms with Gasteiger partial charge in [0, 0.05) is 25.6 Å². The summed E-state index contributed by atoms with van der Waals surface area (Å²) in [5.74, 6) is 2.96. The molecule has 3 aliphatic rings. The number of fused-ring (bicyclic) bond motifs is 2. The van der Waals surface area contributed by atoms with Crippen LogP contribution < -0.4 is 5.32 Å². The summed E-state index contributed by atoms with van der Waals surface area (Å²) in [6, 6.07) is 0.0985. The Hall–Kier alpha value is -1.26. The van der Waals surface area contributed by atoms with Gasteiger partial charge >= 0.3 is 6.09 Å². The van der Waals surface area contributed by atoms with Gasteiger partial charge < -0.3 is 15.0 Å². The molecule has 0 spiro atoms. The van der Waals surface area contributed by atoms with Crippen LogP contribution in [-0.4, -0.2) is 41.6 Å². The molecule has 1 aliphatic heterocycles. The summed E-state index contributed by atoms with van der Waals surface area (Å²) in [7, 11) is 0. The third-order valence-corrected chi connectivity index (χ3v) is 6.63. The van der Waals surface area contributed by atoms with Gasteiger partial charge in [0.05, 0.1) is 0 Å². The van der Waals surface area contributed by atoms with Crippen LogP contribution in [0.15, 0.2) is 0 Å². The highest BCUT2D eigenvalue weighted by molar-refractivity contribution is 5.76. The van der Waals surface area contributed by atoms with E-state index in [0.29, 0.717) is 17.7 Å². The van der Waals surface area contributed by atoms with E-state index in [-0.39, 0.29) is 12.1 Å².